The number of carbonyl (C=O) groups excluding carboxylic acids is 1. The minimum Gasteiger partial charge on any atom is -0.339 e. The summed E-state index contributed by atoms with van der Waals surface area (Å²) in [6, 6.07) is 7.52. The fourth-order valence-electron chi connectivity index (χ4n) is 1.25. The van der Waals surface area contributed by atoms with Gasteiger partial charge in [-0.05, 0) is 53.0 Å². The van der Waals surface area contributed by atoms with Crippen LogP contribution < -0.4 is 16.0 Å². The van der Waals surface area contributed by atoms with E-state index in [0.29, 0.717) is 0 Å². The van der Waals surface area contributed by atoms with Crippen molar-refractivity contribution in [2.24, 2.45) is 0 Å². The summed E-state index contributed by atoms with van der Waals surface area (Å²) in [5.41, 5.74) is 0.800. The van der Waals surface area contributed by atoms with Crippen LogP contribution in [0.2, 0.25) is 0 Å². The normalized spacial score (nSPS) is 12.2. The molecule has 1 aromatic rings. The molecule has 0 aliphatic heterocycles. The largest absolute Gasteiger partial charge is 0.339 e. The number of rotatable bonds is 4. The monoisotopic (exact) mass is 477 g/mol. The van der Waals surface area contributed by atoms with Crippen molar-refractivity contribution in [3.63, 3.8) is 0 Å². The lowest BCUT2D eigenvalue weighted by Crippen LogP contribution is -2.55. The predicted molar refractivity (Wildman–Crippen MR) is 101 cm³/mol. The van der Waals surface area contributed by atoms with Gasteiger partial charge in [0.1, 0.15) is 6.17 Å². The highest BCUT2D eigenvalue weighted by Crippen LogP contribution is 2.29. The lowest BCUT2D eigenvalue weighted by molar-refractivity contribution is -0.117. The first-order chi connectivity index (χ1) is 9.74. The van der Waals surface area contributed by atoms with Gasteiger partial charge in [-0.15, -0.1) is 0 Å². The molecule has 4 nitrogen and oxygen atoms in total. The fraction of sp³-hybridized carbons (Fsp3) is 0.167. The average molecular weight is 479 g/mol. The summed E-state index contributed by atoms with van der Waals surface area (Å²) in [5, 5.41) is 8.36. The Bertz CT molecular complexity index is 551. The van der Waals surface area contributed by atoms with E-state index in [1.807, 2.05) is 24.3 Å². The molecule has 0 aromatic heterocycles. The van der Waals surface area contributed by atoms with Gasteiger partial charge in [0.2, 0.25) is 9.70 Å². The van der Waals surface area contributed by atoms with Crippen LogP contribution in [0.4, 0.5) is 5.69 Å². The van der Waals surface area contributed by atoms with Crippen LogP contribution in [0.5, 0.6) is 0 Å². The van der Waals surface area contributed by atoms with Crippen molar-refractivity contribution in [2.45, 2.75) is 9.96 Å². The van der Waals surface area contributed by atoms with Crippen molar-refractivity contribution in [1.29, 1.82) is 0 Å². The zero-order chi connectivity index (χ0) is 16.0. The molecule has 0 radical (unpaired) electrons. The van der Waals surface area contributed by atoms with E-state index in [-0.39, 0.29) is 5.11 Å². The predicted octanol–water partition coefficient (Wildman–Crippen LogP) is 3.58. The number of amides is 1. The van der Waals surface area contributed by atoms with Gasteiger partial charge >= 0.3 is 0 Å². The van der Waals surface area contributed by atoms with Gasteiger partial charge in [0.15, 0.2) is 5.11 Å². The maximum Gasteiger partial charge on any atom is 0.245 e. The van der Waals surface area contributed by atoms with Gasteiger partial charge in [0, 0.05) is 3.57 Å². The van der Waals surface area contributed by atoms with Crippen molar-refractivity contribution in [1.82, 2.24) is 10.6 Å². The van der Waals surface area contributed by atoms with Crippen LogP contribution in [0.25, 0.3) is 0 Å². The molecule has 0 aliphatic rings. The second kappa shape index (κ2) is 8.38. The number of halogens is 4. The van der Waals surface area contributed by atoms with Crippen LogP contribution in [-0.2, 0) is 4.79 Å². The molecule has 0 spiro atoms. The summed E-state index contributed by atoms with van der Waals surface area (Å²) < 4.78 is -0.811. The van der Waals surface area contributed by atoms with E-state index in [2.05, 4.69) is 45.1 Å². The Balaban J connectivity index is 2.75. The molecule has 3 N–H and O–H groups in total. The van der Waals surface area contributed by atoms with Crippen LogP contribution in [0.3, 0.4) is 0 Å². The van der Waals surface area contributed by atoms with Crippen LogP contribution >= 0.6 is 69.6 Å². The minimum atomic E-state index is -1.78. The number of benzene rings is 1. The van der Waals surface area contributed by atoms with Gasteiger partial charge in [-0.25, -0.2) is 0 Å². The van der Waals surface area contributed by atoms with E-state index in [9.17, 15) is 4.79 Å². The smallest absolute Gasteiger partial charge is 0.245 e. The maximum absolute atomic E-state index is 11.4. The van der Waals surface area contributed by atoms with Gasteiger partial charge in [-0.2, -0.15) is 0 Å². The number of carbonyl (C=O) groups is 1. The number of nitrogens with one attached hydrogen (secondary N) is 3. The molecule has 1 aromatic carbocycles. The van der Waals surface area contributed by atoms with E-state index in [1.165, 1.54) is 0 Å². The summed E-state index contributed by atoms with van der Waals surface area (Å²) in [5.74, 6) is -0.490. The third-order valence-electron chi connectivity index (χ3n) is 2.20. The maximum atomic E-state index is 11.4. The molecule has 0 saturated heterocycles. The molecule has 0 saturated carbocycles. The third kappa shape index (κ3) is 6.56. The number of anilines is 1. The second-order valence-corrected chi connectivity index (χ2v) is 7.71. The summed E-state index contributed by atoms with van der Waals surface area (Å²) in [7, 11) is 0. The quantitative estimate of drug-likeness (QED) is 0.204. The molecule has 0 aliphatic carbocycles. The van der Waals surface area contributed by atoms with Crippen LogP contribution in [0.15, 0.2) is 36.9 Å². The third-order valence-corrected chi connectivity index (χ3v) is 4.01. The van der Waals surface area contributed by atoms with Crippen LogP contribution in [0.1, 0.15) is 0 Å². The van der Waals surface area contributed by atoms with Gasteiger partial charge in [-0.1, -0.05) is 53.5 Å². The molecule has 0 bridgehead atoms. The van der Waals surface area contributed by atoms with Gasteiger partial charge < -0.3 is 16.0 Å². The number of thiocarbonyl (C=S) groups is 1. The van der Waals surface area contributed by atoms with E-state index < -0.39 is 15.9 Å². The fourth-order valence-corrected chi connectivity index (χ4v) is 2.33. The zero-order valence-corrected chi connectivity index (χ0v) is 15.7. The lowest BCUT2D eigenvalue weighted by Gasteiger charge is -2.27. The van der Waals surface area contributed by atoms with Crippen molar-refractivity contribution in [3.8, 4) is 0 Å². The van der Waals surface area contributed by atoms with Crippen molar-refractivity contribution < 1.29 is 4.79 Å². The van der Waals surface area contributed by atoms with Crippen LogP contribution in [-0.4, -0.2) is 21.0 Å². The number of hydrogen-bond acceptors (Lipinski definition) is 2. The summed E-state index contributed by atoms with van der Waals surface area (Å²) in [6.45, 7) is 3.34. The highest BCUT2D eigenvalue weighted by atomic mass is 127. The first kappa shape index (κ1) is 18.8. The summed E-state index contributed by atoms with van der Waals surface area (Å²) >= 11 is 24.7. The molecular weight excluding hydrogens is 467 g/mol. The SMILES string of the molecule is C=CC(=O)NC(NC(=S)Nc1ccccc1I)C(Cl)(Cl)Cl. The Morgan fingerprint density at radius 2 is 1.95 bits per heavy atom. The van der Waals surface area contributed by atoms with Gasteiger partial charge in [-0.3, -0.25) is 4.79 Å². The van der Waals surface area contributed by atoms with E-state index in [0.717, 1.165) is 15.3 Å². The molecule has 9 heteroatoms. The lowest BCUT2D eigenvalue weighted by atomic mass is 10.3. The van der Waals surface area contributed by atoms with Crippen molar-refractivity contribution in [3.05, 3.63) is 40.5 Å². The summed E-state index contributed by atoms with van der Waals surface area (Å²) in [6.07, 6.45) is 0.0659. The molecular formula is C12H11Cl3IN3OS. The number of hydrogen-bond donors (Lipinski definition) is 3. The summed E-state index contributed by atoms with van der Waals surface area (Å²) in [4.78, 5) is 11.4. The topological polar surface area (TPSA) is 53.2 Å². The highest BCUT2D eigenvalue weighted by molar-refractivity contribution is 14.1. The van der Waals surface area contributed by atoms with E-state index >= 15 is 0 Å². The first-order valence-electron chi connectivity index (χ1n) is 5.55. The molecule has 1 atom stereocenters. The van der Waals surface area contributed by atoms with Crippen molar-refractivity contribution in [2.75, 3.05) is 5.32 Å². The first-order valence-corrected chi connectivity index (χ1v) is 8.18. The Morgan fingerprint density at radius 1 is 1.33 bits per heavy atom. The highest BCUT2D eigenvalue weighted by Gasteiger charge is 2.34. The molecule has 0 fully saturated rings. The molecule has 0 heterocycles. The van der Waals surface area contributed by atoms with Gasteiger partial charge in [0.05, 0.1) is 5.69 Å². The minimum absolute atomic E-state index is 0.208. The standard InChI is InChI=1S/C12H11Cl3IN3OS/c1-2-9(20)18-10(12(13,14)15)19-11(21)17-8-6-4-3-5-7(8)16/h2-6,10H,1H2,(H,18,20)(H2,17,19,21). The molecule has 114 valence electrons. The van der Waals surface area contributed by atoms with Crippen molar-refractivity contribution >= 4 is 86.3 Å². The molecule has 1 unspecified atom stereocenters. The Kier molecular flexibility index (Phi) is 7.49. The van der Waals surface area contributed by atoms with E-state index in [1.54, 1.807) is 0 Å². The Hall–Kier alpha value is -0.280. The van der Waals surface area contributed by atoms with E-state index in [4.69, 9.17) is 47.0 Å². The van der Waals surface area contributed by atoms with Crippen LogP contribution in [0, 0.1) is 3.57 Å². The van der Waals surface area contributed by atoms with Gasteiger partial charge in [0.25, 0.3) is 0 Å². The average Bonchev–Trinajstić information content (AvgIpc) is 2.39. The molecule has 1 rings (SSSR count). The molecule has 1 amide bonds. The zero-order valence-electron chi connectivity index (χ0n) is 10.5. The Morgan fingerprint density at radius 3 is 2.48 bits per heavy atom. The number of alkyl halides is 3. The second-order valence-electron chi connectivity index (χ2n) is 3.77. The Labute approximate surface area is 156 Å². The number of para-hydroxylation sites is 1. The molecule has 21 heavy (non-hydrogen) atoms.